The number of benzene rings is 2. The van der Waals surface area contributed by atoms with Gasteiger partial charge in [0, 0.05) is 44.2 Å². The van der Waals surface area contributed by atoms with Gasteiger partial charge in [-0.15, -0.1) is 0 Å². The predicted octanol–water partition coefficient (Wildman–Crippen LogP) is 4.64. The van der Waals surface area contributed by atoms with Crippen LogP contribution in [0.2, 0.25) is 0 Å². The van der Waals surface area contributed by atoms with Gasteiger partial charge in [0.2, 0.25) is 0 Å². The molecule has 2 aromatic carbocycles. The number of thioether (sulfide) groups is 1. The maximum Gasteiger partial charge on any atom is 0.153 e. The minimum absolute atomic E-state index is 0.277. The number of morpholine rings is 1. The van der Waals surface area contributed by atoms with E-state index in [2.05, 4.69) is 71.5 Å². The summed E-state index contributed by atoms with van der Waals surface area (Å²) in [6.07, 6.45) is 2.09. The van der Waals surface area contributed by atoms with Gasteiger partial charge in [-0.25, -0.2) is 8.42 Å². The molecule has 4 rings (SSSR count). The zero-order chi connectivity index (χ0) is 24.1. The highest BCUT2D eigenvalue weighted by Crippen LogP contribution is 2.19. The Morgan fingerprint density at radius 1 is 0.909 bits per heavy atom. The van der Waals surface area contributed by atoms with E-state index in [1.54, 1.807) is 11.8 Å². The van der Waals surface area contributed by atoms with E-state index in [9.17, 15) is 8.42 Å². The van der Waals surface area contributed by atoms with Gasteiger partial charge < -0.3 is 9.64 Å². The molecule has 0 atom stereocenters. The lowest BCUT2D eigenvalue weighted by Gasteiger charge is -2.28. The fourth-order valence-electron chi connectivity index (χ4n) is 3.77. The van der Waals surface area contributed by atoms with E-state index < -0.39 is 9.84 Å². The van der Waals surface area contributed by atoms with Gasteiger partial charge in [-0.2, -0.15) is 11.8 Å². The third kappa shape index (κ3) is 10.1. The number of anilines is 1. The first-order valence-electron chi connectivity index (χ1n) is 11.8. The first-order chi connectivity index (χ1) is 15.9. The van der Waals surface area contributed by atoms with Crippen molar-refractivity contribution in [2.24, 2.45) is 0 Å². The third-order valence-electron chi connectivity index (χ3n) is 5.55. The summed E-state index contributed by atoms with van der Waals surface area (Å²) in [5.41, 5.74) is 5.19. The van der Waals surface area contributed by atoms with Crippen LogP contribution in [0.5, 0.6) is 0 Å². The summed E-state index contributed by atoms with van der Waals surface area (Å²) in [6.45, 7) is 12.3. The number of nitrogens with zero attached hydrogens (tertiary/aromatic N) is 2. The van der Waals surface area contributed by atoms with Crippen molar-refractivity contribution < 1.29 is 13.2 Å². The summed E-state index contributed by atoms with van der Waals surface area (Å²) < 4.78 is 28.0. The second kappa shape index (κ2) is 14.7. The smallest absolute Gasteiger partial charge is 0.153 e. The number of hydrogen-bond acceptors (Lipinski definition) is 6. The van der Waals surface area contributed by atoms with Crippen molar-refractivity contribution in [2.45, 2.75) is 33.1 Å². The predicted molar refractivity (Wildman–Crippen MR) is 143 cm³/mol. The van der Waals surface area contributed by atoms with Gasteiger partial charge in [-0.05, 0) is 36.4 Å². The van der Waals surface area contributed by atoms with Crippen LogP contribution in [-0.4, -0.2) is 70.5 Å². The zero-order valence-corrected chi connectivity index (χ0v) is 22.3. The lowest BCUT2D eigenvalue weighted by molar-refractivity contribution is 0.0342. The molecule has 0 saturated carbocycles. The van der Waals surface area contributed by atoms with E-state index in [1.807, 2.05) is 13.8 Å². The molecular formula is C26H40N2O3S2. The highest BCUT2D eigenvalue weighted by Gasteiger charge is 2.21. The average molecular weight is 493 g/mol. The molecule has 0 amide bonds. The van der Waals surface area contributed by atoms with E-state index in [0.29, 0.717) is 13.1 Å². The first-order valence-corrected chi connectivity index (χ1v) is 15.1. The van der Waals surface area contributed by atoms with Gasteiger partial charge in [-0.3, -0.25) is 4.90 Å². The SMILES string of the molecule is CC.CSCc1ccc(N2CCS(=O)(=O)CC2)cc1.Cc1cccc(CN2CCOCC2)c1. The highest BCUT2D eigenvalue weighted by atomic mass is 32.2. The topological polar surface area (TPSA) is 49.9 Å². The summed E-state index contributed by atoms with van der Waals surface area (Å²) in [6, 6.07) is 17.1. The number of hydrogen-bond donors (Lipinski definition) is 0. The molecule has 0 bridgehead atoms. The number of aryl methyl sites for hydroxylation is 1. The Labute approximate surface area is 205 Å². The van der Waals surface area contributed by atoms with Crippen LogP contribution in [0.1, 0.15) is 30.5 Å². The second-order valence-corrected chi connectivity index (χ2v) is 11.3. The maximum absolute atomic E-state index is 11.3. The van der Waals surface area contributed by atoms with Crippen molar-refractivity contribution in [3.05, 3.63) is 65.2 Å². The van der Waals surface area contributed by atoms with Gasteiger partial charge in [0.1, 0.15) is 0 Å². The molecule has 0 aliphatic carbocycles. The Morgan fingerprint density at radius 3 is 2.12 bits per heavy atom. The highest BCUT2D eigenvalue weighted by molar-refractivity contribution is 7.97. The van der Waals surface area contributed by atoms with Crippen LogP contribution in [0.25, 0.3) is 0 Å². The van der Waals surface area contributed by atoms with Gasteiger partial charge in [0.25, 0.3) is 0 Å². The molecule has 0 spiro atoms. The van der Waals surface area contributed by atoms with Crippen LogP contribution in [-0.2, 0) is 26.9 Å². The van der Waals surface area contributed by atoms with Crippen molar-refractivity contribution in [1.29, 1.82) is 0 Å². The Hall–Kier alpha value is -1.54. The van der Waals surface area contributed by atoms with Crippen LogP contribution in [0.3, 0.4) is 0 Å². The van der Waals surface area contributed by atoms with Crippen LogP contribution in [0, 0.1) is 6.92 Å². The van der Waals surface area contributed by atoms with E-state index in [4.69, 9.17) is 4.74 Å². The second-order valence-electron chi connectivity index (χ2n) is 8.12. The molecule has 2 aliphatic heterocycles. The van der Waals surface area contributed by atoms with Crippen LogP contribution >= 0.6 is 11.8 Å². The summed E-state index contributed by atoms with van der Waals surface area (Å²) >= 11 is 1.80. The van der Waals surface area contributed by atoms with Gasteiger partial charge >= 0.3 is 0 Å². The fraction of sp³-hybridized carbons (Fsp3) is 0.538. The van der Waals surface area contributed by atoms with E-state index in [-0.39, 0.29) is 11.5 Å². The molecule has 184 valence electrons. The van der Waals surface area contributed by atoms with Crippen LogP contribution in [0.4, 0.5) is 5.69 Å². The molecule has 7 heteroatoms. The summed E-state index contributed by atoms with van der Waals surface area (Å²) in [5.74, 6) is 1.58. The van der Waals surface area contributed by atoms with Gasteiger partial charge in [0.05, 0.1) is 24.7 Å². The monoisotopic (exact) mass is 492 g/mol. The van der Waals surface area contributed by atoms with Crippen molar-refractivity contribution >= 4 is 27.3 Å². The Kier molecular flexibility index (Phi) is 12.3. The molecule has 0 N–H and O–H groups in total. The molecule has 0 aromatic heterocycles. The summed E-state index contributed by atoms with van der Waals surface area (Å²) in [7, 11) is -2.79. The number of rotatable bonds is 5. The van der Waals surface area contributed by atoms with Crippen molar-refractivity contribution in [1.82, 2.24) is 4.90 Å². The number of sulfone groups is 1. The number of ether oxygens (including phenoxy) is 1. The Bertz CT molecular complexity index is 897. The fourth-order valence-corrected chi connectivity index (χ4v) is 5.50. The molecular weight excluding hydrogens is 452 g/mol. The molecule has 33 heavy (non-hydrogen) atoms. The Balaban J connectivity index is 0.000000221. The third-order valence-corrected chi connectivity index (χ3v) is 7.78. The minimum Gasteiger partial charge on any atom is -0.379 e. The minimum atomic E-state index is -2.79. The van der Waals surface area contributed by atoms with Gasteiger partial charge in [0.15, 0.2) is 9.84 Å². The molecule has 0 radical (unpaired) electrons. The standard InChI is InChI=1S/C12H17NO2S2.C12H17NO.C2H6/c1-16-10-11-2-4-12(5-3-11)13-6-8-17(14,15)9-7-13;1-11-3-2-4-12(9-11)10-13-5-7-14-8-6-13;1-2/h2-5H,6-10H2,1H3;2-4,9H,5-8,10H2,1H3;1-2H3. The molecule has 2 saturated heterocycles. The quantitative estimate of drug-likeness (QED) is 0.606. The van der Waals surface area contributed by atoms with Crippen LogP contribution in [0.15, 0.2) is 48.5 Å². The van der Waals surface area contributed by atoms with Crippen molar-refractivity contribution in [3.8, 4) is 0 Å². The van der Waals surface area contributed by atoms with E-state index in [1.165, 1.54) is 16.7 Å². The molecule has 0 unspecified atom stereocenters. The molecule has 5 nitrogen and oxygen atoms in total. The van der Waals surface area contributed by atoms with Crippen molar-refractivity contribution in [3.63, 3.8) is 0 Å². The lowest BCUT2D eigenvalue weighted by Crippen LogP contribution is -2.40. The molecule has 2 fully saturated rings. The summed E-state index contributed by atoms with van der Waals surface area (Å²) in [5, 5.41) is 0. The normalized spacial score (nSPS) is 17.9. The molecule has 2 aliphatic rings. The Morgan fingerprint density at radius 2 is 1.55 bits per heavy atom. The van der Waals surface area contributed by atoms with Gasteiger partial charge in [-0.1, -0.05) is 55.8 Å². The largest absolute Gasteiger partial charge is 0.379 e. The van der Waals surface area contributed by atoms with E-state index in [0.717, 1.165) is 44.3 Å². The first kappa shape index (κ1) is 27.7. The zero-order valence-electron chi connectivity index (χ0n) is 20.6. The van der Waals surface area contributed by atoms with Crippen LogP contribution < -0.4 is 4.90 Å². The van der Waals surface area contributed by atoms with Crippen molar-refractivity contribution in [2.75, 3.05) is 62.1 Å². The molecule has 2 heterocycles. The maximum atomic E-state index is 11.3. The average Bonchev–Trinajstić information content (AvgIpc) is 2.82. The lowest BCUT2D eigenvalue weighted by atomic mass is 10.1. The molecule has 2 aromatic rings. The summed E-state index contributed by atoms with van der Waals surface area (Å²) in [4.78, 5) is 4.59. The van der Waals surface area contributed by atoms with E-state index >= 15 is 0 Å².